The van der Waals surface area contributed by atoms with Crippen molar-refractivity contribution in [2.75, 3.05) is 6.54 Å². The summed E-state index contributed by atoms with van der Waals surface area (Å²) >= 11 is 0. The van der Waals surface area contributed by atoms with Gasteiger partial charge >= 0.3 is 0 Å². The van der Waals surface area contributed by atoms with Gasteiger partial charge in [0.25, 0.3) is 0 Å². The van der Waals surface area contributed by atoms with Gasteiger partial charge in [0.1, 0.15) is 0 Å². The van der Waals surface area contributed by atoms with E-state index in [4.69, 9.17) is 5.10 Å². The third kappa shape index (κ3) is 3.73. The standard InChI is InChI=1S/C18H27N3/c1-6-18(4,5)13-19-12-17-14(2)20-21(15(17)3)16-10-8-7-9-11-16/h7-11,19H,6,12-13H2,1-5H3. The van der Waals surface area contributed by atoms with E-state index in [2.05, 4.69) is 52.1 Å². The van der Waals surface area contributed by atoms with E-state index in [1.165, 1.54) is 17.7 Å². The molecule has 0 spiro atoms. The van der Waals surface area contributed by atoms with Crippen molar-refractivity contribution in [1.82, 2.24) is 15.1 Å². The first kappa shape index (κ1) is 15.8. The highest BCUT2D eigenvalue weighted by Crippen LogP contribution is 2.20. The summed E-state index contributed by atoms with van der Waals surface area (Å²) in [5.41, 5.74) is 5.11. The topological polar surface area (TPSA) is 29.9 Å². The normalized spacial score (nSPS) is 11.9. The number of aryl methyl sites for hydroxylation is 1. The van der Waals surface area contributed by atoms with Gasteiger partial charge in [0, 0.05) is 24.3 Å². The van der Waals surface area contributed by atoms with Crippen LogP contribution < -0.4 is 5.32 Å². The molecule has 3 heteroatoms. The number of para-hydroxylation sites is 1. The molecule has 2 aromatic rings. The zero-order valence-electron chi connectivity index (χ0n) is 13.9. The predicted octanol–water partition coefficient (Wildman–Crippen LogP) is 4.01. The van der Waals surface area contributed by atoms with Gasteiger partial charge in [-0.2, -0.15) is 5.10 Å². The Morgan fingerprint density at radius 1 is 1.14 bits per heavy atom. The minimum absolute atomic E-state index is 0.344. The van der Waals surface area contributed by atoms with E-state index in [0.29, 0.717) is 5.41 Å². The largest absolute Gasteiger partial charge is 0.312 e. The van der Waals surface area contributed by atoms with Crippen molar-refractivity contribution in [3.63, 3.8) is 0 Å². The van der Waals surface area contributed by atoms with E-state index in [-0.39, 0.29) is 0 Å². The quantitative estimate of drug-likeness (QED) is 0.869. The van der Waals surface area contributed by atoms with E-state index < -0.39 is 0 Å². The molecule has 1 N–H and O–H groups in total. The molecule has 0 aliphatic carbocycles. The van der Waals surface area contributed by atoms with Crippen LogP contribution in [0, 0.1) is 19.3 Å². The number of aromatic nitrogens is 2. The Hall–Kier alpha value is -1.61. The van der Waals surface area contributed by atoms with Crippen LogP contribution in [0.25, 0.3) is 5.69 Å². The van der Waals surface area contributed by atoms with Crippen molar-refractivity contribution < 1.29 is 0 Å². The maximum atomic E-state index is 4.69. The van der Waals surface area contributed by atoms with Gasteiger partial charge in [-0.15, -0.1) is 0 Å². The van der Waals surface area contributed by atoms with Crippen LogP contribution in [0.3, 0.4) is 0 Å². The second-order valence-electron chi connectivity index (χ2n) is 6.52. The predicted molar refractivity (Wildman–Crippen MR) is 88.8 cm³/mol. The number of rotatable bonds is 6. The Balaban J connectivity index is 2.13. The molecule has 3 nitrogen and oxygen atoms in total. The molecule has 0 aliphatic rings. The summed E-state index contributed by atoms with van der Waals surface area (Å²) in [6.07, 6.45) is 1.18. The Morgan fingerprint density at radius 2 is 1.81 bits per heavy atom. The van der Waals surface area contributed by atoms with Gasteiger partial charge in [-0.1, -0.05) is 39.0 Å². The maximum absolute atomic E-state index is 4.69. The number of benzene rings is 1. The Labute approximate surface area is 128 Å². The lowest BCUT2D eigenvalue weighted by atomic mass is 9.90. The zero-order chi connectivity index (χ0) is 15.5. The molecule has 0 saturated heterocycles. The van der Waals surface area contributed by atoms with Crippen LogP contribution in [0.2, 0.25) is 0 Å². The van der Waals surface area contributed by atoms with E-state index in [1.807, 2.05) is 22.9 Å². The third-order valence-electron chi connectivity index (χ3n) is 4.30. The monoisotopic (exact) mass is 285 g/mol. The van der Waals surface area contributed by atoms with Crippen molar-refractivity contribution >= 4 is 0 Å². The van der Waals surface area contributed by atoms with Gasteiger partial charge in [0.2, 0.25) is 0 Å². The summed E-state index contributed by atoms with van der Waals surface area (Å²) in [6, 6.07) is 10.3. The highest BCUT2D eigenvalue weighted by atomic mass is 15.3. The summed E-state index contributed by atoms with van der Waals surface area (Å²) in [7, 11) is 0. The van der Waals surface area contributed by atoms with Crippen molar-refractivity contribution in [2.45, 2.75) is 47.6 Å². The van der Waals surface area contributed by atoms with Gasteiger partial charge in [-0.3, -0.25) is 0 Å². The van der Waals surface area contributed by atoms with Crippen molar-refractivity contribution in [3.05, 3.63) is 47.3 Å². The fourth-order valence-electron chi connectivity index (χ4n) is 2.40. The first-order valence-electron chi connectivity index (χ1n) is 7.76. The minimum Gasteiger partial charge on any atom is -0.312 e. The van der Waals surface area contributed by atoms with Crippen LogP contribution in [0.15, 0.2) is 30.3 Å². The van der Waals surface area contributed by atoms with Crippen molar-refractivity contribution in [1.29, 1.82) is 0 Å². The summed E-state index contributed by atoms with van der Waals surface area (Å²) in [4.78, 5) is 0. The van der Waals surface area contributed by atoms with Gasteiger partial charge in [-0.05, 0) is 37.8 Å². The highest BCUT2D eigenvalue weighted by molar-refractivity contribution is 5.36. The molecule has 0 unspecified atom stereocenters. The molecule has 0 amide bonds. The van der Waals surface area contributed by atoms with Crippen LogP contribution >= 0.6 is 0 Å². The average molecular weight is 285 g/mol. The molecule has 2 rings (SSSR count). The van der Waals surface area contributed by atoms with E-state index >= 15 is 0 Å². The summed E-state index contributed by atoms with van der Waals surface area (Å²) in [5.74, 6) is 0. The first-order valence-corrected chi connectivity index (χ1v) is 7.76. The Kier molecular flexibility index (Phi) is 4.84. The van der Waals surface area contributed by atoms with Crippen LogP contribution in [0.4, 0.5) is 0 Å². The summed E-state index contributed by atoms with van der Waals surface area (Å²) in [6.45, 7) is 13.0. The SMILES string of the molecule is CCC(C)(C)CNCc1c(C)nn(-c2ccccc2)c1C. The van der Waals surface area contributed by atoms with Crippen LogP contribution in [0.5, 0.6) is 0 Å². The molecular formula is C18H27N3. The first-order chi connectivity index (χ1) is 9.94. The van der Waals surface area contributed by atoms with Gasteiger partial charge in [0.15, 0.2) is 0 Å². The smallest absolute Gasteiger partial charge is 0.0648 e. The average Bonchev–Trinajstić information content (AvgIpc) is 2.76. The number of hydrogen-bond acceptors (Lipinski definition) is 2. The van der Waals surface area contributed by atoms with Gasteiger partial charge in [-0.25, -0.2) is 4.68 Å². The lowest BCUT2D eigenvalue weighted by molar-refractivity contribution is 0.327. The van der Waals surface area contributed by atoms with E-state index in [1.54, 1.807) is 0 Å². The van der Waals surface area contributed by atoms with Gasteiger partial charge in [0.05, 0.1) is 11.4 Å². The summed E-state index contributed by atoms with van der Waals surface area (Å²) < 4.78 is 2.04. The van der Waals surface area contributed by atoms with Crippen molar-refractivity contribution in [3.8, 4) is 5.69 Å². The zero-order valence-corrected chi connectivity index (χ0v) is 13.9. The minimum atomic E-state index is 0.344. The Bertz CT molecular complexity index is 582. The van der Waals surface area contributed by atoms with E-state index in [9.17, 15) is 0 Å². The molecule has 0 fully saturated rings. The molecule has 0 radical (unpaired) electrons. The number of nitrogens with zero attached hydrogens (tertiary/aromatic N) is 2. The fourth-order valence-corrected chi connectivity index (χ4v) is 2.40. The maximum Gasteiger partial charge on any atom is 0.0648 e. The van der Waals surface area contributed by atoms with Crippen LogP contribution in [-0.2, 0) is 6.54 Å². The lowest BCUT2D eigenvalue weighted by Crippen LogP contribution is -2.28. The molecule has 21 heavy (non-hydrogen) atoms. The van der Waals surface area contributed by atoms with Crippen molar-refractivity contribution in [2.24, 2.45) is 5.41 Å². The van der Waals surface area contributed by atoms with Gasteiger partial charge < -0.3 is 5.32 Å². The molecule has 0 saturated carbocycles. The summed E-state index contributed by atoms with van der Waals surface area (Å²) in [5, 5.41) is 8.28. The second kappa shape index (κ2) is 6.44. The lowest BCUT2D eigenvalue weighted by Gasteiger charge is -2.23. The van der Waals surface area contributed by atoms with Crippen LogP contribution in [-0.4, -0.2) is 16.3 Å². The van der Waals surface area contributed by atoms with Crippen LogP contribution in [0.1, 0.15) is 44.1 Å². The number of hydrogen-bond donors (Lipinski definition) is 1. The highest BCUT2D eigenvalue weighted by Gasteiger charge is 2.16. The molecule has 0 aliphatic heterocycles. The molecule has 1 aromatic heterocycles. The molecular weight excluding hydrogens is 258 g/mol. The Morgan fingerprint density at radius 3 is 2.43 bits per heavy atom. The number of nitrogens with one attached hydrogen (secondary N) is 1. The molecule has 1 aromatic carbocycles. The molecule has 114 valence electrons. The molecule has 0 bridgehead atoms. The molecule has 1 heterocycles. The third-order valence-corrected chi connectivity index (χ3v) is 4.30. The fraction of sp³-hybridized carbons (Fsp3) is 0.500. The molecule has 0 atom stereocenters. The second-order valence-corrected chi connectivity index (χ2v) is 6.52. The van der Waals surface area contributed by atoms with E-state index in [0.717, 1.165) is 24.5 Å².